The van der Waals surface area contributed by atoms with Gasteiger partial charge in [0.05, 0.1) is 11.6 Å². The summed E-state index contributed by atoms with van der Waals surface area (Å²) in [5, 5.41) is 9.76. The fraction of sp³-hybridized carbons (Fsp3) is 0.375. The van der Waals surface area contributed by atoms with Crippen molar-refractivity contribution in [2.45, 2.75) is 19.4 Å². The van der Waals surface area contributed by atoms with Gasteiger partial charge >= 0.3 is 5.97 Å². The van der Waals surface area contributed by atoms with Gasteiger partial charge in [-0.25, -0.2) is 4.98 Å². The van der Waals surface area contributed by atoms with E-state index in [9.17, 15) is 4.79 Å². The van der Waals surface area contributed by atoms with E-state index in [1.807, 2.05) is 12.1 Å². The number of carbonyl (C=O) groups is 1. The molecule has 1 N–H and O–H groups in total. The summed E-state index contributed by atoms with van der Waals surface area (Å²) >= 11 is 5.97. The second-order valence-electron chi connectivity index (χ2n) is 5.57. The molecule has 0 spiro atoms. The standard InChI is InChI=1S/C16H17ClN2O3/c17-13-5-1-3-11(7-13)15-18-14(10-22-15)9-19-6-2-4-12(8-19)16(20)21/h1,3,5,7,10,12H,2,4,6,8-9H2,(H,20,21)/t12-/m0/s1. The quantitative estimate of drug-likeness (QED) is 0.936. The molecule has 0 radical (unpaired) electrons. The van der Waals surface area contributed by atoms with Crippen LogP contribution in [-0.2, 0) is 11.3 Å². The number of benzene rings is 1. The van der Waals surface area contributed by atoms with Gasteiger partial charge in [-0.05, 0) is 37.6 Å². The highest BCUT2D eigenvalue weighted by Gasteiger charge is 2.25. The molecule has 6 heteroatoms. The number of piperidine rings is 1. The number of rotatable bonds is 4. The molecule has 1 fully saturated rings. The van der Waals surface area contributed by atoms with Crippen molar-refractivity contribution in [3.8, 4) is 11.5 Å². The van der Waals surface area contributed by atoms with Crippen LogP contribution in [0.3, 0.4) is 0 Å². The Morgan fingerprint density at radius 3 is 3.14 bits per heavy atom. The normalized spacial score (nSPS) is 19.2. The van der Waals surface area contributed by atoms with E-state index in [0.717, 1.165) is 30.6 Å². The first-order chi connectivity index (χ1) is 10.6. The minimum atomic E-state index is -0.718. The molecule has 1 aromatic heterocycles. The number of hydrogen-bond donors (Lipinski definition) is 1. The summed E-state index contributed by atoms with van der Waals surface area (Å²) in [5.74, 6) is -0.471. The van der Waals surface area contributed by atoms with E-state index in [1.54, 1.807) is 18.4 Å². The third-order valence-corrected chi connectivity index (χ3v) is 4.10. The van der Waals surface area contributed by atoms with Gasteiger partial charge in [-0.15, -0.1) is 0 Å². The zero-order chi connectivity index (χ0) is 15.5. The number of carboxylic acids is 1. The van der Waals surface area contributed by atoms with Crippen LogP contribution in [0.2, 0.25) is 5.02 Å². The number of halogens is 1. The van der Waals surface area contributed by atoms with E-state index < -0.39 is 5.97 Å². The Morgan fingerprint density at radius 1 is 1.50 bits per heavy atom. The van der Waals surface area contributed by atoms with Crippen molar-refractivity contribution < 1.29 is 14.3 Å². The lowest BCUT2D eigenvalue weighted by atomic mass is 9.98. The molecule has 3 rings (SSSR count). The van der Waals surface area contributed by atoms with Crippen molar-refractivity contribution >= 4 is 17.6 Å². The number of aliphatic carboxylic acids is 1. The highest BCUT2D eigenvalue weighted by molar-refractivity contribution is 6.30. The number of hydrogen-bond acceptors (Lipinski definition) is 4. The molecule has 1 aliphatic rings. The van der Waals surface area contributed by atoms with E-state index in [1.165, 1.54) is 0 Å². The topological polar surface area (TPSA) is 66.6 Å². The van der Waals surface area contributed by atoms with Crippen LogP contribution in [0.25, 0.3) is 11.5 Å². The molecule has 0 aliphatic carbocycles. The summed E-state index contributed by atoms with van der Waals surface area (Å²) in [6.07, 6.45) is 3.27. The number of nitrogens with zero attached hydrogens (tertiary/aromatic N) is 2. The van der Waals surface area contributed by atoms with E-state index >= 15 is 0 Å². The Labute approximate surface area is 133 Å². The first kappa shape index (κ1) is 15.1. The molecule has 1 aromatic carbocycles. The maximum atomic E-state index is 11.1. The van der Waals surface area contributed by atoms with Crippen LogP contribution >= 0.6 is 11.6 Å². The van der Waals surface area contributed by atoms with Gasteiger partial charge in [-0.3, -0.25) is 9.69 Å². The second kappa shape index (κ2) is 6.50. The Bertz CT molecular complexity index is 671. The smallest absolute Gasteiger partial charge is 0.307 e. The van der Waals surface area contributed by atoms with Crippen molar-refractivity contribution in [2.24, 2.45) is 5.92 Å². The molecule has 0 saturated carbocycles. The van der Waals surface area contributed by atoms with Crippen molar-refractivity contribution in [1.29, 1.82) is 0 Å². The Morgan fingerprint density at radius 2 is 2.36 bits per heavy atom. The van der Waals surface area contributed by atoms with Gasteiger partial charge in [0.15, 0.2) is 0 Å². The summed E-state index contributed by atoms with van der Waals surface area (Å²) in [6.45, 7) is 2.06. The highest BCUT2D eigenvalue weighted by Crippen LogP contribution is 2.23. The zero-order valence-electron chi connectivity index (χ0n) is 12.0. The fourth-order valence-corrected chi connectivity index (χ4v) is 2.95. The summed E-state index contributed by atoms with van der Waals surface area (Å²) in [7, 11) is 0. The summed E-state index contributed by atoms with van der Waals surface area (Å²) in [5.41, 5.74) is 1.64. The van der Waals surface area contributed by atoms with Crippen LogP contribution in [-0.4, -0.2) is 34.0 Å². The van der Waals surface area contributed by atoms with E-state index in [2.05, 4.69) is 9.88 Å². The number of aromatic nitrogens is 1. The lowest BCUT2D eigenvalue weighted by molar-refractivity contribution is -0.143. The average Bonchev–Trinajstić information content (AvgIpc) is 2.96. The highest BCUT2D eigenvalue weighted by atomic mass is 35.5. The first-order valence-electron chi connectivity index (χ1n) is 7.27. The molecular formula is C16H17ClN2O3. The molecule has 116 valence electrons. The molecule has 22 heavy (non-hydrogen) atoms. The second-order valence-corrected chi connectivity index (χ2v) is 6.00. The van der Waals surface area contributed by atoms with Gasteiger partial charge < -0.3 is 9.52 Å². The first-order valence-corrected chi connectivity index (χ1v) is 7.65. The third-order valence-electron chi connectivity index (χ3n) is 3.86. The van der Waals surface area contributed by atoms with E-state index in [-0.39, 0.29) is 5.92 Å². The predicted octanol–water partition coefficient (Wildman–Crippen LogP) is 3.29. The van der Waals surface area contributed by atoms with Gasteiger partial charge in [0.1, 0.15) is 6.26 Å². The maximum absolute atomic E-state index is 11.1. The number of carboxylic acid groups (broad SMARTS) is 1. The van der Waals surface area contributed by atoms with Crippen LogP contribution in [0, 0.1) is 5.92 Å². The maximum Gasteiger partial charge on any atom is 0.307 e. The van der Waals surface area contributed by atoms with E-state index in [0.29, 0.717) is 24.0 Å². The average molecular weight is 321 g/mol. The van der Waals surface area contributed by atoms with Crippen molar-refractivity contribution in [2.75, 3.05) is 13.1 Å². The van der Waals surface area contributed by atoms with Gasteiger partial charge in [-0.2, -0.15) is 0 Å². The van der Waals surface area contributed by atoms with Crippen molar-refractivity contribution in [3.05, 3.63) is 41.2 Å². The monoisotopic (exact) mass is 320 g/mol. The molecule has 2 heterocycles. The van der Waals surface area contributed by atoms with Gasteiger partial charge in [0.25, 0.3) is 0 Å². The summed E-state index contributed by atoms with van der Waals surface area (Å²) in [6, 6.07) is 7.35. The number of likely N-dealkylation sites (tertiary alicyclic amines) is 1. The van der Waals surface area contributed by atoms with E-state index in [4.69, 9.17) is 21.1 Å². The van der Waals surface area contributed by atoms with Crippen molar-refractivity contribution in [1.82, 2.24) is 9.88 Å². The lowest BCUT2D eigenvalue weighted by Crippen LogP contribution is -2.38. The molecule has 5 nitrogen and oxygen atoms in total. The van der Waals surface area contributed by atoms with Crippen LogP contribution < -0.4 is 0 Å². The Kier molecular flexibility index (Phi) is 4.45. The number of oxazole rings is 1. The van der Waals surface area contributed by atoms with Crippen LogP contribution in [0.4, 0.5) is 0 Å². The SMILES string of the molecule is O=C(O)[C@H]1CCCN(Cc2coc(-c3cccc(Cl)c3)n2)C1. The molecular weight excluding hydrogens is 304 g/mol. The summed E-state index contributed by atoms with van der Waals surface area (Å²) < 4.78 is 5.51. The van der Waals surface area contributed by atoms with Gasteiger partial charge in [0, 0.05) is 23.7 Å². The molecule has 2 aromatic rings. The molecule has 0 bridgehead atoms. The minimum absolute atomic E-state index is 0.284. The summed E-state index contributed by atoms with van der Waals surface area (Å²) in [4.78, 5) is 17.7. The molecule has 0 unspecified atom stereocenters. The van der Waals surface area contributed by atoms with Gasteiger partial charge in [-0.1, -0.05) is 17.7 Å². The fourth-order valence-electron chi connectivity index (χ4n) is 2.76. The van der Waals surface area contributed by atoms with Crippen LogP contribution in [0.1, 0.15) is 18.5 Å². The van der Waals surface area contributed by atoms with Crippen molar-refractivity contribution in [3.63, 3.8) is 0 Å². The zero-order valence-corrected chi connectivity index (χ0v) is 12.8. The largest absolute Gasteiger partial charge is 0.481 e. The van der Waals surface area contributed by atoms with Crippen LogP contribution in [0.5, 0.6) is 0 Å². The van der Waals surface area contributed by atoms with Crippen LogP contribution in [0.15, 0.2) is 34.9 Å². The molecule has 1 saturated heterocycles. The minimum Gasteiger partial charge on any atom is -0.481 e. The molecule has 1 atom stereocenters. The Balaban J connectivity index is 1.68. The lowest BCUT2D eigenvalue weighted by Gasteiger charge is -2.29. The third kappa shape index (κ3) is 3.48. The molecule has 0 amide bonds. The van der Waals surface area contributed by atoms with Gasteiger partial charge in [0.2, 0.25) is 5.89 Å². The Hall–Kier alpha value is -1.85. The molecule has 1 aliphatic heterocycles. The predicted molar refractivity (Wildman–Crippen MR) is 82.6 cm³/mol.